The third-order valence-electron chi connectivity index (χ3n) is 3.33. The number of hydrogen-bond acceptors (Lipinski definition) is 3. The lowest BCUT2D eigenvalue weighted by molar-refractivity contribution is -0.138. The van der Waals surface area contributed by atoms with Crippen molar-refractivity contribution in [1.82, 2.24) is 15.2 Å². The highest BCUT2D eigenvalue weighted by molar-refractivity contribution is 5.39. The third-order valence-corrected chi connectivity index (χ3v) is 3.33. The van der Waals surface area contributed by atoms with E-state index in [0.717, 1.165) is 11.8 Å². The lowest BCUT2D eigenvalue weighted by Crippen LogP contribution is -2.31. The van der Waals surface area contributed by atoms with Gasteiger partial charge in [-0.05, 0) is 18.6 Å². The van der Waals surface area contributed by atoms with Crippen molar-refractivity contribution in [2.45, 2.75) is 19.1 Å². The number of nitrogens with zero attached hydrogens (tertiary/aromatic N) is 2. The number of hydrogen-bond donors (Lipinski definition) is 2. The standard InChI is InChI=1S/C13H15F3N4/c1-8-10(7-18-20(8)2)12(19-17)9-5-3-4-6-11(9)13(14,15)16/h3-7,12,19H,17H2,1-2H3. The van der Waals surface area contributed by atoms with Gasteiger partial charge in [0.1, 0.15) is 0 Å². The van der Waals surface area contributed by atoms with E-state index >= 15 is 0 Å². The number of nitrogens with two attached hydrogens (primary N) is 1. The molecule has 2 rings (SSSR count). The van der Waals surface area contributed by atoms with Crippen molar-refractivity contribution < 1.29 is 13.2 Å². The Balaban J connectivity index is 2.56. The van der Waals surface area contributed by atoms with E-state index in [1.165, 1.54) is 18.3 Å². The molecular formula is C13H15F3N4. The molecule has 4 nitrogen and oxygen atoms in total. The summed E-state index contributed by atoms with van der Waals surface area (Å²) in [7, 11) is 1.72. The molecule has 0 amide bonds. The molecule has 20 heavy (non-hydrogen) atoms. The number of aromatic nitrogens is 2. The molecule has 0 spiro atoms. The van der Waals surface area contributed by atoms with Gasteiger partial charge in [0.15, 0.2) is 0 Å². The molecule has 1 aromatic heterocycles. The minimum atomic E-state index is -4.43. The van der Waals surface area contributed by atoms with Gasteiger partial charge in [0.25, 0.3) is 0 Å². The Kier molecular flexibility index (Phi) is 3.82. The van der Waals surface area contributed by atoms with Crippen LogP contribution in [0, 0.1) is 6.92 Å². The Morgan fingerprint density at radius 1 is 1.25 bits per heavy atom. The lowest BCUT2D eigenvalue weighted by atomic mass is 9.95. The summed E-state index contributed by atoms with van der Waals surface area (Å²) in [5.74, 6) is 5.47. The van der Waals surface area contributed by atoms with Crippen LogP contribution in [0.1, 0.15) is 28.4 Å². The van der Waals surface area contributed by atoms with Crippen LogP contribution in [-0.4, -0.2) is 9.78 Å². The maximum atomic E-state index is 13.1. The predicted octanol–water partition coefficient (Wildman–Crippen LogP) is 2.30. The van der Waals surface area contributed by atoms with E-state index in [1.807, 2.05) is 0 Å². The van der Waals surface area contributed by atoms with Gasteiger partial charge in [0.05, 0.1) is 17.8 Å². The second-order valence-electron chi connectivity index (χ2n) is 4.49. The number of rotatable bonds is 3. The molecule has 1 aromatic carbocycles. The SMILES string of the molecule is Cc1c(C(NN)c2ccccc2C(F)(F)F)cnn1C. The highest BCUT2D eigenvalue weighted by atomic mass is 19.4. The average Bonchev–Trinajstić information content (AvgIpc) is 2.72. The van der Waals surface area contributed by atoms with Crippen molar-refractivity contribution in [1.29, 1.82) is 0 Å². The number of hydrazine groups is 1. The first-order valence-electron chi connectivity index (χ1n) is 5.97. The average molecular weight is 284 g/mol. The molecule has 1 unspecified atom stereocenters. The number of benzene rings is 1. The number of aryl methyl sites for hydroxylation is 1. The molecule has 0 fully saturated rings. The molecule has 0 aliphatic rings. The highest BCUT2D eigenvalue weighted by Crippen LogP contribution is 2.36. The van der Waals surface area contributed by atoms with Gasteiger partial charge < -0.3 is 0 Å². The van der Waals surface area contributed by atoms with E-state index in [1.54, 1.807) is 24.7 Å². The normalized spacial score (nSPS) is 13.5. The van der Waals surface area contributed by atoms with Crippen LogP contribution in [0.2, 0.25) is 0 Å². The third kappa shape index (κ3) is 2.54. The Hall–Kier alpha value is -1.86. The molecule has 7 heteroatoms. The summed E-state index contributed by atoms with van der Waals surface area (Å²) < 4.78 is 40.8. The van der Waals surface area contributed by atoms with Gasteiger partial charge in [-0.2, -0.15) is 18.3 Å². The first kappa shape index (κ1) is 14.5. The fourth-order valence-electron chi connectivity index (χ4n) is 2.15. The molecule has 0 bridgehead atoms. The number of halogens is 3. The summed E-state index contributed by atoms with van der Waals surface area (Å²) in [5.41, 5.74) is 3.20. The molecule has 0 aliphatic carbocycles. The van der Waals surface area contributed by atoms with Gasteiger partial charge >= 0.3 is 6.18 Å². The number of nitrogens with one attached hydrogen (secondary N) is 1. The first-order valence-corrected chi connectivity index (χ1v) is 5.97. The summed E-state index contributed by atoms with van der Waals surface area (Å²) in [6.45, 7) is 1.78. The van der Waals surface area contributed by atoms with Crippen LogP contribution in [0.5, 0.6) is 0 Å². The van der Waals surface area contributed by atoms with E-state index in [2.05, 4.69) is 10.5 Å². The van der Waals surface area contributed by atoms with Crippen molar-refractivity contribution in [3.05, 3.63) is 52.8 Å². The van der Waals surface area contributed by atoms with E-state index in [0.29, 0.717) is 5.56 Å². The van der Waals surface area contributed by atoms with Gasteiger partial charge in [-0.1, -0.05) is 18.2 Å². The van der Waals surface area contributed by atoms with Crippen LogP contribution in [0.4, 0.5) is 13.2 Å². The molecule has 1 atom stereocenters. The van der Waals surface area contributed by atoms with Crippen molar-refractivity contribution in [3.8, 4) is 0 Å². The van der Waals surface area contributed by atoms with Crippen LogP contribution in [0.3, 0.4) is 0 Å². The zero-order valence-electron chi connectivity index (χ0n) is 11.1. The summed E-state index contributed by atoms with van der Waals surface area (Å²) in [6.07, 6.45) is -2.91. The molecule has 108 valence electrons. The largest absolute Gasteiger partial charge is 0.416 e. The second-order valence-corrected chi connectivity index (χ2v) is 4.49. The first-order chi connectivity index (χ1) is 9.36. The van der Waals surface area contributed by atoms with E-state index in [4.69, 9.17) is 5.84 Å². The van der Waals surface area contributed by atoms with Gasteiger partial charge in [-0.25, -0.2) is 5.43 Å². The molecule has 0 radical (unpaired) electrons. The Bertz CT molecular complexity index is 604. The summed E-state index contributed by atoms with van der Waals surface area (Å²) in [5, 5.41) is 4.04. The zero-order chi connectivity index (χ0) is 14.9. The molecular weight excluding hydrogens is 269 g/mol. The number of alkyl halides is 3. The minimum Gasteiger partial charge on any atom is -0.273 e. The Morgan fingerprint density at radius 2 is 1.90 bits per heavy atom. The maximum absolute atomic E-state index is 13.1. The molecule has 0 saturated carbocycles. The Morgan fingerprint density at radius 3 is 2.40 bits per heavy atom. The topological polar surface area (TPSA) is 55.9 Å². The van der Waals surface area contributed by atoms with Crippen molar-refractivity contribution in [2.24, 2.45) is 12.9 Å². The molecule has 1 heterocycles. The van der Waals surface area contributed by atoms with E-state index in [9.17, 15) is 13.2 Å². The van der Waals surface area contributed by atoms with Gasteiger partial charge in [-0.3, -0.25) is 10.5 Å². The monoisotopic (exact) mass is 284 g/mol. The van der Waals surface area contributed by atoms with Crippen LogP contribution < -0.4 is 11.3 Å². The quantitative estimate of drug-likeness (QED) is 0.671. The maximum Gasteiger partial charge on any atom is 0.416 e. The highest BCUT2D eigenvalue weighted by Gasteiger charge is 2.35. The van der Waals surface area contributed by atoms with Crippen LogP contribution in [-0.2, 0) is 13.2 Å². The summed E-state index contributed by atoms with van der Waals surface area (Å²) >= 11 is 0. The van der Waals surface area contributed by atoms with Crippen molar-refractivity contribution >= 4 is 0 Å². The van der Waals surface area contributed by atoms with E-state index < -0.39 is 17.8 Å². The molecule has 0 saturated heterocycles. The van der Waals surface area contributed by atoms with Crippen LogP contribution in [0.15, 0.2) is 30.5 Å². The lowest BCUT2D eigenvalue weighted by Gasteiger charge is -2.21. The fraction of sp³-hybridized carbons (Fsp3) is 0.308. The van der Waals surface area contributed by atoms with Gasteiger partial charge in [0, 0.05) is 18.3 Å². The minimum absolute atomic E-state index is 0.0820. The van der Waals surface area contributed by atoms with Crippen molar-refractivity contribution in [2.75, 3.05) is 0 Å². The smallest absolute Gasteiger partial charge is 0.273 e. The van der Waals surface area contributed by atoms with Crippen molar-refractivity contribution in [3.63, 3.8) is 0 Å². The van der Waals surface area contributed by atoms with E-state index in [-0.39, 0.29) is 5.56 Å². The Labute approximate surface area is 114 Å². The summed E-state index contributed by atoms with van der Waals surface area (Å²) in [4.78, 5) is 0. The second kappa shape index (κ2) is 5.26. The van der Waals surface area contributed by atoms with Gasteiger partial charge in [0.2, 0.25) is 0 Å². The molecule has 0 aliphatic heterocycles. The van der Waals surface area contributed by atoms with Crippen LogP contribution >= 0.6 is 0 Å². The zero-order valence-corrected chi connectivity index (χ0v) is 11.1. The van der Waals surface area contributed by atoms with Gasteiger partial charge in [-0.15, -0.1) is 0 Å². The predicted molar refractivity (Wildman–Crippen MR) is 68.6 cm³/mol. The summed E-state index contributed by atoms with van der Waals surface area (Å²) in [6, 6.07) is 4.61. The molecule has 3 N–H and O–H groups in total. The van der Waals surface area contributed by atoms with Crippen LogP contribution in [0.25, 0.3) is 0 Å². The molecule has 2 aromatic rings. The fourth-order valence-corrected chi connectivity index (χ4v) is 2.15.